The molecule has 0 saturated heterocycles. The molecule has 2 rings (SSSR count). The molecule has 1 aliphatic carbocycles. The molecule has 1 amide bonds. The lowest BCUT2D eigenvalue weighted by atomic mass is 9.82. The predicted molar refractivity (Wildman–Crippen MR) is 70.8 cm³/mol. The molecule has 0 radical (unpaired) electrons. The van der Waals surface area contributed by atoms with Crippen molar-refractivity contribution in [2.45, 2.75) is 51.1 Å². The highest BCUT2D eigenvalue weighted by Crippen LogP contribution is 2.25. The molecule has 98 valence electrons. The van der Waals surface area contributed by atoms with Crippen molar-refractivity contribution in [1.82, 2.24) is 10.3 Å². The number of aromatic nitrogens is 1. The van der Waals surface area contributed by atoms with Crippen LogP contribution < -0.4 is 11.1 Å². The Labute approximate surface area is 108 Å². The van der Waals surface area contributed by atoms with Crippen LogP contribution in [0.2, 0.25) is 0 Å². The van der Waals surface area contributed by atoms with Crippen molar-refractivity contribution >= 4 is 5.91 Å². The first kappa shape index (κ1) is 13.0. The minimum atomic E-state index is -0.656. The highest BCUT2D eigenvalue weighted by molar-refractivity contribution is 5.86. The number of nitrogens with two attached hydrogens (primary N) is 1. The number of nitrogens with zero attached hydrogens (tertiary/aromatic N) is 1. The van der Waals surface area contributed by atoms with Crippen LogP contribution in [0.4, 0.5) is 0 Å². The summed E-state index contributed by atoms with van der Waals surface area (Å²) in [6.45, 7) is 2.45. The summed E-state index contributed by atoms with van der Waals surface area (Å²) in [5.41, 5.74) is 7.49. The van der Waals surface area contributed by atoms with Crippen LogP contribution in [0.1, 0.15) is 43.4 Å². The third-order valence-electron chi connectivity index (χ3n) is 3.62. The average molecular weight is 247 g/mol. The first-order valence-electron chi connectivity index (χ1n) is 6.59. The average Bonchev–Trinajstić information content (AvgIpc) is 2.38. The van der Waals surface area contributed by atoms with E-state index in [0.29, 0.717) is 6.54 Å². The molecule has 1 fully saturated rings. The Kier molecular flexibility index (Phi) is 3.97. The zero-order valence-corrected chi connectivity index (χ0v) is 10.9. The molecule has 0 aliphatic heterocycles. The zero-order valence-electron chi connectivity index (χ0n) is 10.9. The van der Waals surface area contributed by atoms with E-state index in [0.717, 1.165) is 36.9 Å². The fraction of sp³-hybridized carbons (Fsp3) is 0.571. The lowest BCUT2D eigenvalue weighted by Crippen LogP contribution is -2.54. The normalized spacial score (nSPS) is 18.3. The van der Waals surface area contributed by atoms with Crippen molar-refractivity contribution in [3.63, 3.8) is 0 Å². The summed E-state index contributed by atoms with van der Waals surface area (Å²) in [6, 6.07) is 3.92. The van der Waals surface area contributed by atoms with Gasteiger partial charge in [-0.2, -0.15) is 0 Å². The molecule has 0 aromatic carbocycles. The summed E-state index contributed by atoms with van der Waals surface area (Å²) < 4.78 is 0. The van der Waals surface area contributed by atoms with Crippen molar-refractivity contribution in [1.29, 1.82) is 0 Å². The molecule has 4 nitrogen and oxygen atoms in total. The van der Waals surface area contributed by atoms with Gasteiger partial charge in [0.2, 0.25) is 5.91 Å². The molecule has 4 heteroatoms. The number of hydrogen-bond acceptors (Lipinski definition) is 3. The molecule has 0 atom stereocenters. The van der Waals surface area contributed by atoms with Crippen LogP contribution in [-0.2, 0) is 11.3 Å². The van der Waals surface area contributed by atoms with Crippen LogP contribution >= 0.6 is 0 Å². The van der Waals surface area contributed by atoms with Crippen molar-refractivity contribution in [2.24, 2.45) is 5.73 Å². The molecule has 1 aromatic heterocycles. The maximum absolute atomic E-state index is 12.1. The largest absolute Gasteiger partial charge is 0.350 e. The van der Waals surface area contributed by atoms with Gasteiger partial charge in [0, 0.05) is 18.4 Å². The van der Waals surface area contributed by atoms with E-state index >= 15 is 0 Å². The Hall–Kier alpha value is -1.42. The van der Waals surface area contributed by atoms with Gasteiger partial charge in [-0.1, -0.05) is 25.3 Å². The van der Waals surface area contributed by atoms with Gasteiger partial charge in [0.1, 0.15) is 0 Å². The summed E-state index contributed by atoms with van der Waals surface area (Å²) in [5, 5.41) is 2.92. The van der Waals surface area contributed by atoms with Gasteiger partial charge >= 0.3 is 0 Å². The number of carbonyl (C=O) groups excluding carboxylic acids is 1. The molecule has 3 N–H and O–H groups in total. The quantitative estimate of drug-likeness (QED) is 0.853. The van der Waals surface area contributed by atoms with E-state index in [9.17, 15) is 4.79 Å². The Bertz CT molecular complexity index is 408. The molecular formula is C14H21N3O. The number of amides is 1. The lowest BCUT2D eigenvalue weighted by molar-refractivity contribution is -0.127. The van der Waals surface area contributed by atoms with Gasteiger partial charge in [0.05, 0.1) is 5.54 Å². The van der Waals surface area contributed by atoms with E-state index < -0.39 is 5.54 Å². The fourth-order valence-electron chi connectivity index (χ4n) is 2.37. The van der Waals surface area contributed by atoms with Crippen LogP contribution in [0.3, 0.4) is 0 Å². The molecular weight excluding hydrogens is 226 g/mol. The van der Waals surface area contributed by atoms with Crippen LogP contribution in [0.15, 0.2) is 18.3 Å². The van der Waals surface area contributed by atoms with Gasteiger partial charge in [-0.3, -0.25) is 9.78 Å². The second-order valence-corrected chi connectivity index (χ2v) is 5.21. The summed E-state index contributed by atoms with van der Waals surface area (Å²) in [5.74, 6) is -0.0252. The number of hydrogen-bond donors (Lipinski definition) is 2. The Morgan fingerprint density at radius 3 is 2.72 bits per heavy atom. The summed E-state index contributed by atoms with van der Waals surface area (Å²) in [7, 11) is 0. The van der Waals surface area contributed by atoms with E-state index in [4.69, 9.17) is 5.73 Å². The number of pyridine rings is 1. The van der Waals surface area contributed by atoms with Crippen LogP contribution in [0.5, 0.6) is 0 Å². The molecule has 1 saturated carbocycles. The van der Waals surface area contributed by atoms with Gasteiger partial charge in [-0.15, -0.1) is 0 Å². The topological polar surface area (TPSA) is 68.0 Å². The minimum Gasteiger partial charge on any atom is -0.350 e. The predicted octanol–water partition coefficient (Wildman–Crippen LogP) is 1.67. The van der Waals surface area contributed by atoms with Gasteiger partial charge in [-0.05, 0) is 31.4 Å². The molecule has 0 spiro atoms. The van der Waals surface area contributed by atoms with Gasteiger partial charge in [0.15, 0.2) is 0 Å². The van der Waals surface area contributed by atoms with Gasteiger partial charge < -0.3 is 11.1 Å². The Morgan fingerprint density at radius 1 is 1.39 bits per heavy atom. The molecule has 1 aromatic rings. The minimum absolute atomic E-state index is 0.0252. The second-order valence-electron chi connectivity index (χ2n) is 5.21. The zero-order chi connectivity index (χ0) is 13.0. The van der Waals surface area contributed by atoms with E-state index in [1.807, 2.05) is 19.1 Å². The highest BCUT2D eigenvalue weighted by Gasteiger charge is 2.34. The van der Waals surface area contributed by atoms with Crippen LogP contribution in [0.25, 0.3) is 0 Å². The van der Waals surface area contributed by atoms with Crippen LogP contribution in [0, 0.1) is 6.92 Å². The van der Waals surface area contributed by atoms with Crippen molar-refractivity contribution in [2.75, 3.05) is 0 Å². The summed E-state index contributed by atoms with van der Waals surface area (Å²) >= 11 is 0. The molecule has 18 heavy (non-hydrogen) atoms. The molecule has 0 unspecified atom stereocenters. The standard InChI is InChI=1S/C14H21N3O/c1-11-5-6-12(9-16-11)10-17-13(18)14(15)7-3-2-4-8-14/h5-6,9H,2-4,7-8,10,15H2,1H3,(H,17,18). The summed E-state index contributed by atoms with van der Waals surface area (Å²) in [6.07, 6.45) is 6.68. The first-order valence-corrected chi connectivity index (χ1v) is 6.59. The van der Waals surface area contributed by atoms with Crippen molar-refractivity contribution in [3.05, 3.63) is 29.6 Å². The monoisotopic (exact) mass is 247 g/mol. The molecule has 1 heterocycles. The second kappa shape index (κ2) is 5.48. The van der Waals surface area contributed by atoms with E-state index in [1.54, 1.807) is 6.20 Å². The highest BCUT2D eigenvalue weighted by atomic mass is 16.2. The Balaban J connectivity index is 1.89. The third kappa shape index (κ3) is 3.07. The van der Waals surface area contributed by atoms with Crippen molar-refractivity contribution < 1.29 is 4.79 Å². The van der Waals surface area contributed by atoms with E-state index in [-0.39, 0.29) is 5.91 Å². The maximum atomic E-state index is 12.1. The van der Waals surface area contributed by atoms with Crippen LogP contribution in [-0.4, -0.2) is 16.4 Å². The van der Waals surface area contributed by atoms with Gasteiger partial charge in [-0.25, -0.2) is 0 Å². The third-order valence-corrected chi connectivity index (χ3v) is 3.62. The smallest absolute Gasteiger partial charge is 0.240 e. The summed E-state index contributed by atoms with van der Waals surface area (Å²) in [4.78, 5) is 16.3. The first-order chi connectivity index (χ1) is 8.60. The lowest BCUT2D eigenvalue weighted by Gasteiger charge is -2.31. The Morgan fingerprint density at radius 2 is 2.11 bits per heavy atom. The van der Waals surface area contributed by atoms with E-state index in [1.165, 1.54) is 6.42 Å². The molecule has 0 bridgehead atoms. The van der Waals surface area contributed by atoms with E-state index in [2.05, 4.69) is 10.3 Å². The SMILES string of the molecule is Cc1ccc(CNC(=O)C2(N)CCCCC2)cn1. The van der Waals surface area contributed by atoms with Crippen molar-refractivity contribution in [3.8, 4) is 0 Å². The number of rotatable bonds is 3. The fourth-order valence-corrected chi connectivity index (χ4v) is 2.37. The number of aryl methyl sites for hydroxylation is 1. The molecule has 1 aliphatic rings. The van der Waals surface area contributed by atoms with Gasteiger partial charge in [0.25, 0.3) is 0 Å². The maximum Gasteiger partial charge on any atom is 0.240 e. The number of nitrogens with one attached hydrogen (secondary N) is 1. The number of carbonyl (C=O) groups is 1.